The van der Waals surface area contributed by atoms with Crippen molar-refractivity contribution in [3.8, 4) is 11.5 Å². The molecule has 1 aromatic carbocycles. The molecular weight excluding hydrogens is 360 g/mol. The molecule has 0 radical (unpaired) electrons. The number of anilines is 1. The Hall–Kier alpha value is -3.29. The lowest BCUT2D eigenvalue weighted by Gasteiger charge is -2.19. The van der Waals surface area contributed by atoms with Crippen LogP contribution in [0.1, 0.15) is 39.6 Å². The van der Waals surface area contributed by atoms with E-state index in [9.17, 15) is 9.59 Å². The SMILES string of the molecule is C=CCNC(=O)c1nc(C(=O)Nc2ccc3c(c2)OCCO3)n2c1CCCC2. The van der Waals surface area contributed by atoms with Crippen LogP contribution >= 0.6 is 0 Å². The lowest BCUT2D eigenvalue weighted by molar-refractivity contribution is 0.0952. The van der Waals surface area contributed by atoms with Gasteiger partial charge in [0.15, 0.2) is 17.3 Å². The van der Waals surface area contributed by atoms with Gasteiger partial charge in [0.25, 0.3) is 11.8 Å². The normalized spacial score (nSPS) is 14.7. The second-order valence-corrected chi connectivity index (χ2v) is 6.65. The standard InChI is InChI=1S/C20H22N4O4/c1-2-8-21-19(25)17-14-5-3-4-9-24(14)18(23-17)20(26)22-13-6-7-15-16(12-13)28-11-10-27-15/h2,6-7,12H,1,3-5,8-11H2,(H,21,25)(H,22,26). The molecule has 0 aliphatic carbocycles. The van der Waals surface area contributed by atoms with Crippen LogP contribution in [0.25, 0.3) is 0 Å². The highest BCUT2D eigenvalue weighted by Crippen LogP contribution is 2.32. The molecule has 2 N–H and O–H groups in total. The quantitative estimate of drug-likeness (QED) is 0.773. The number of carbonyl (C=O) groups is 2. The number of rotatable bonds is 5. The highest BCUT2D eigenvalue weighted by molar-refractivity contribution is 6.03. The molecule has 0 saturated heterocycles. The smallest absolute Gasteiger partial charge is 0.291 e. The van der Waals surface area contributed by atoms with E-state index in [1.165, 1.54) is 0 Å². The molecule has 2 aliphatic heterocycles. The molecule has 1 aromatic heterocycles. The zero-order chi connectivity index (χ0) is 19.5. The fraction of sp³-hybridized carbons (Fsp3) is 0.350. The topological polar surface area (TPSA) is 94.5 Å². The van der Waals surface area contributed by atoms with Crippen molar-refractivity contribution in [3.63, 3.8) is 0 Å². The van der Waals surface area contributed by atoms with Gasteiger partial charge in [0.2, 0.25) is 0 Å². The summed E-state index contributed by atoms with van der Waals surface area (Å²) in [5.74, 6) is 0.849. The Balaban J connectivity index is 1.59. The molecule has 0 saturated carbocycles. The molecule has 0 fully saturated rings. The van der Waals surface area contributed by atoms with Gasteiger partial charge < -0.3 is 24.7 Å². The van der Waals surface area contributed by atoms with Gasteiger partial charge in [0.05, 0.1) is 5.69 Å². The fourth-order valence-electron chi connectivity index (χ4n) is 3.45. The molecule has 0 bridgehead atoms. The van der Waals surface area contributed by atoms with Crippen LogP contribution in [0.4, 0.5) is 5.69 Å². The summed E-state index contributed by atoms with van der Waals surface area (Å²) in [7, 11) is 0. The van der Waals surface area contributed by atoms with E-state index in [-0.39, 0.29) is 17.6 Å². The number of nitrogens with zero attached hydrogens (tertiary/aromatic N) is 2. The third-order valence-electron chi connectivity index (χ3n) is 4.74. The maximum absolute atomic E-state index is 12.9. The van der Waals surface area contributed by atoms with Crippen LogP contribution in [-0.2, 0) is 13.0 Å². The molecule has 0 unspecified atom stereocenters. The minimum Gasteiger partial charge on any atom is -0.486 e. The van der Waals surface area contributed by atoms with E-state index in [1.54, 1.807) is 24.3 Å². The molecule has 146 valence electrons. The first-order chi connectivity index (χ1) is 13.7. The van der Waals surface area contributed by atoms with E-state index in [0.29, 0.717) is 49.2 Å². The number of fused-ring (bicyclic) bond motifs is 2. The monoisotopic (exact) mass is 382 g/mol. The second-order valence-electron chi connectivity index (χ2n) is 6.65. The first-order valence-electron chi connectivity index (χ1n) is 9.37. The Labute approximate surface area is 162 Å². The Kier molecular flexibility index (Phi) is 5.01. The number of benzene rings is 1. The largest absolute Gasteiger partial charge is 0.486 e. The predicted molar refractivity (Wildman–Crippen MR) is 103 cm³/mol. The van der Waals surface area contributed by atoms with Gasteiger partial charge in [0, 0.05) is 24.8 Å². The lowest BCUT2D eigenvalue weighted by atomic mass is 10.1. The minimum absolute atomic E-state index is 0.244. The average molecular weight is 382 g/mol. The van der Waals surface area contributed by atoms with E-state index >= 15 is 0 Å². The first-order valence-corrected chi connectivity index (χ1v) is 9.37. The zero-order valence-corrected chi connectivity index (χ0v) is 15.5. The van der Waals surface area contributed by atoms with Gasteiger partial charge in [-0.3, -0.25) is 9.59 Å². The van der Waals surface area contributed by atoms with Crippen molar-refractivity contribution in [3.05, 3.63) is 48.1 Å². The van der Waals surface area contributed by atoms with Crippen LogP contribution in [0.15, 0.2) is 30.9 Å². The van der Waals surface area contributed by atoms with E-state index < -0.39 is 0 Å². The van der Waals surface area contributed by atoms with E-state index in [1.807, 2.05) is 4.57 Å². The van der Waals surface area contributed by atoms with Crippen molar-refractivity contribution < 1.29 is 19.1 Å². The van der Waals surface area contributed by atoms with Crippen LogP contribution in [0.5, 0.6) is 11.5 Å². The number of carbonyl (C=O) groups excluding carboxylic acids is 2. The third-order valence-corrected chi connectivity index (χ3v) is 4.74. The van der Waals surface area contributed by atoms with Gasteiger partial charge >= 0.3 is 0 Å². The molecule has 3 heterocycles. The lowest BCUT2D eigenvalue weighted by Crippen LogP contribution is -2.25. The Morgan fingerprint density at radius 1 is 1.18 bits per heavy atom. The molecule has 2 aliphatic rings. The Morgan fingerprint density at radius 3 is 2.82 bits per heavy atom. The van der Waals surface area contributed by atoms with E-state index in [0.717, 1.165) is 25.0 Å². The Morgan fingerprint density at radius 2 is 2.00 bits per heavy atom. The van der Waals surface area contributed by atoms with E-state index in [4.69, 9.17) is 9.47 Å². The van der Waals surface area contributed by atoms with Crippen molar-refractivity contribution in [2.45, 2.75) is 25.8 Å². The summed E-state index contributed by atoms with van der Waals surface area (Å²) < 4.78 is 12.9. The number of imidazole rings is 1. The summed E-state index contributed by atoms with van der Waals surface area (Å²) >= 11 is 0. The highest BCUT2D eigenvalue weighted by atomic mass is 16.6. The maximum Gasteiger partial charge on any atom is 0.291 e. The molecule has 0 spiro atoms. The summed E-state index contributed by atoms with van der Waals surface area (Å²) in [4.78, 5) is 29.7. The van der Waals surface area contributed by atoms with Crippen LogP contribution in [0.2, 0.25) is 0 Å². The molecular formula is C20H22N4O4. The molecule has 28 heavy (non-hydrogen) atoms. The van der Waals surface area contributed by atoms with Crippen LogP contribution in [-0.4, -0.2) is 41.1 Å². The summed E-state index contributed by atoms with van der Waals surface area (Å²) in [6, 6.07) is 5.24. The van der Waals surface area contributed by atoms with Crippen molar-refractivity contribution in [2.75, 3.05) is 25.1 Å². The number of amides is 2. The predicted octanol–water partition coefficient (Wildman–Crippen LogP) is 2.16. The summed E-state index contributed by atoms with van der Waals surface area (Å²) in [6.07, 6.45) is 4.25. The number of hydrogen-bond acceptors (Lipinski definition) is 5. The van der Waals surface area contributed by atoms with Gasteiger partial charge in [-0.25, -0.2) is 4.98 Å². The molecule has 8 nitrogen and oxygen atoms in total. The fourth-order valence-corrected chi connectivity index (χ4v) is 3.45. The summed E-state index contributed by atoms with van der Waals surface area (Å²) in [5.41, 5.74) is 1.70. The number of nitrogens with one attached hydrogen (secondary N) is 2. The maximum atomic E-state index is 12.9. The highest BCUT2D eigenvalue weighted by Gasteiger charge is 2.27. The van der Waals surface area contributed by atoms with Crippen LogP contribution in [0.3, 0.4) is 0 Å². The minimum atomic E-state index is -0.359. The van der Waals surface area contributed by atoms with Gasteiger partial charge in [-0.1, -0.05) is 6.08 Å². The van der Waals surface area contributed by atoms with Gasteiger partial charge in [-0.2, -0.15) is 0 Å². The van der Waals surface area contributed by atoms with Crippen LogP contribution in [0, 0.1) is 0 Å². The van der Waals surface area contributed by atoms with Crippen LogP contribution < -0.4 is 20.1 Å². The third kappa shape index (κ3) is 3.45. The first kappa shape index (κ1) is 18.1. The van der Waals surface area contributed by atoms with Crippen molar-refractivity contribution in [1.82, 2.24) is 14.9 Å². The molecule has 2 amide bonds. The molecule has 4 rings (SSSR count). The van der Waals surface area contributed by atoms with Gasteiger partial charge in [0.1, 0.15) is 18.9 Å². The average Bonchev–Trinajstić information content (AvgIpc) is 3.12. The van der Waals surface area contributed by atoms with E-state index in [2.05, 4.69) is 22.2 Å². The second kappa shape index (κ2) is 7.75. The molecule has 0 atom stereocenters. The van der Waals surface area contributed by atoms with Gasteiger partial charge in [-0.05, 0) is 31.4 Å². The molecule has 8 heteroatoms. The summed E-state index contributed by atoms with van der Waals surface area (Å²) in [6.45, 7) is 5.60. The van der Waals surface area contributed by atoms with Crippen molar-refractivity contribution in [1.29, 1.82) is 0 Å². The van der Waals surface area contributed by atoms with Crippen molar-refractivity contribution in [2.24, 2.45) is 0 Å². The number of ether oxygens (including phenoxy) is 2. The molecule has 2 aromatic rings. The van der Waals surface area contributed by atoms with Crippen molar-refractivity contribution >= 4 is 17.5 Å². The van der Waals surface area contributed by atoms with Gasteiger partial charge in [-0.15, -0.1) is 6.58 Å². The summed E-state index contributed by atoms with van der Waals surface area (Å²) in [5, 5.41) is 5.59. The Bertz CT molecular complexity index is 935. The number of hydrogen-bond donors (Lipinski definition) is 2. The number of aromatic nitrogens is 2. The zero-order valence-electron chi connectivity index (χ0n) is 15.5.